The van der Waals surface area contributed by atoms with Crippen molar-refractivity contribution in [2.45, 2.75) is 52.3 Å². The van der Waals surface area contributed by atoms with Crippen LogP contribution >= 0.6 is 0 Å². The van der Waals surface area contributed by atoms with Crippen LogP contribution in [0.5, 0.6) is 0 Å². The maximum absolute atomic E-state index is 5.81. The van der Waals surface area contributed by atoms with Crippen molar-refractivity contribution in [1.82, 2.24) is 14.7 Å². The lowest BCUT2D eigenvalue weighted by molar-refractivity contribution is -0.00624. The number of ether oxygens (including phenoxy) is 1. The standard InChI is InChI=1S/C14H25N3O/c1-3-16(12-14-7-5-6-8-18-14)10-13-9-15-17(4-2)11-13/h9,11,14H,3-8,10,12H2,1-2H3. The molecule has 1 aliphatic heterocycles. The average molecular weight is 251 g/mol. The predicted molar refractivity (Wildman–Crippen MR) is 72.4 cm³/mol. The van der Waals surface area contributed by atoms with Gasteiger partial charge in [0.2, 0.25) is 0 Å². The first-order chi connectivity index (χ1) is 8.81. The zero-order chi connectivity index (χ0) is 12.8. The van der Waals surface area contributed by atoms with E-state index in [2.05, 4.69) is 30.0 Å². The van der Waals surface area contributed by atoms with E-state index in [0.717, 1.165) is 32.8 Å². The number of aryl methyl sites for hydroxylation is 1. The van der Waals surface area contributed by atoms with E-state index < -0.39 is 0 Å². The molecule has 1 atom stereocenters. The monoisotopic (exact) mass is 251 g/mol. The summed E-state index contributed by atoms with van der Waals surface area (Å²) in [7, 11) is 0. The smallest absolute Gasteiger partial charge is 0.0702 e. The minimum atomic E-state index is 0.430. The fraction of sp³-hybridized carbons (Fsp3) is 0.786. The second kappa shape index (κ2) is 6.90. The third kappa shape index (κ3) is 3.82. The van der Waals surface area contributed by atoms with Crippen LogP contribution in [-0.4, -0.2) is 40.5 Å². The third-order valence-corrected chi connectivity index (χ3v) is 3.60. The maximum Gasteiger partial charge on any atom is 0.0702 e. The summed E-state index contributed by atoms with van der Waals surface area (Å²) in [5, 5.41) is 4.33. The highest BCUT2D eigenvalue weighted by Crippen LogP contribution is 2.15. The number of aromatic nitrogens is 2. The molecule has 1 fully saturated rings. The SMILES string of the molecule is CCN(Cc1cnn(CC)c1)CC1CCCCO1. The second-order valence-corrected chi connectivity index (χ2v) is 5.02. The molecule has 1 aromatic heterocycles. The molecule has 4 nitrogen and oxygen atoms in total. The van der Waals surface area contributed by atoms with Gasteiger partial charge in [0.15, 0.2) is 0 Å². The van der Waals surface area contributed by atoms with E-state index in [0.29, 0.717) is 6.10 Å². The van der Waals surface area contributed by atoms with Crippen molar-refractivity contribution in [2.24, 2.45) is 0 Å². The van der Waals surface area contributed by atoms with Crippen molar-refractivity contribution in [3.8, 4) is 0 Å². The number of nitrogens with zero attached hydrogens (tertiary/aromatic N) is 3. The van der Waals surface area contributed by atoms with Gasteiger partial charge in [-0.2, -0.15) is 5.10 Å². The molecule has 2 rings (SSSR count). The first-order valence-corrected chi connectivity index (χ1v) is 7.17. The Morgan fingerprint density at radius 1 is 1.44 bits per heavy atom. The quantitative estimate of drug-likeness (QED) is 0.777. The van der Waals surface area contributed by atoms with Crippen LogP contribution in [-0.2, 0) is 17.8 Å². The second-order valence-electron chi connectivity index (χ2n) is 5.02. The predicted octanol–water partition coefficient (Wildman–Crippen LogP) is 2.29. The molecule has 0 amide bonds. The molecule has 0 radical (unpaired) electrons. The molecule has 1 unspecified atom stereocenters. The van der Waals surface area contributed by atoms with E-state index in [4.69, 9.17) is 4.74 Å². The van der Waals surface area contributed by atoms with Crippen molar-refractivity contribution in [1.29, 1.82) is 0 Å². The van der Waals surface area contributed by atoms with Gasteiger partial charge in [-0.25, -0.2) is 0 Å². The molecule has 4 heteroatoms. The third-order valence-electron chi connectivity index (χ3n) is 3.60. The van der Waals surface area contributed by atoms with Crippen LogP contribution in [0.4, 0.5) is 0 Å². The fourth-order valence-electron chi connectivity index (χ4n) is 2.46. The summed E-state index contributed by atoms with van der Waals surface area (Å²) in [6, 6.07) is 0. The molecule has 1 aromatic rings. The van der Waals surface area contributed by atoms with Crippen molar-refractivity contribution >= 4 is 0 Å². The largest absolute Gasteiger partial charge is 0.377 e. The summed E-state index contributed by atoms with van der Waals surface area (Å²) in [5.74, 6) is 0. The van der Waals surface area contributed by atoms with E-state index >= 15 is 0 Å². The summed E-state index contributed by atoms with van der Waals surface area (Å²) in [4.78, 5) is 2.45. The van der Waals surface area contributed by atoms with E-state index in [1.54, 1.807) is 0 Å². The highest BCUT2D eigenvalue weighted by Gasteiger charge is 2.17. The molecule has 0 aromatic carbocycles. The van der Waals surface area contributed by atoms with Crippen LogP contribution in [0.15, 0.2) is 12.4 Å². The van der Waals surface area contributed by atoms with Gasteiger partial charge >= 0.3 is 0 Å². The van der Waals surface area contributed by atoms with Crippen LogP contribution in [0, 0.1) is 0 Å². The van der Waals surface area contributed by atoms with E-state index in [-0.39, 0.29) is 0 Å². The number of rotatable bonds is 6. The van der Waals surface area contributed by atoms with Crippen molar-refractivity contribution in [2.75, 3.05) is 19.7 Å². The van der Waals surface area contributed by atoms with Gasteiger partial charge in [-0.1, -0.05) is 6.92 Å². The lowest BCUT2D eigenvalue weighted by Gasteiger charge is -2.28. The minimum absolute atomic E-state index is 0.430. The van der Waals surface area contributed by atoms with Gasteiger partial charge in [0.1, 0.15) is 0 Å². The van der Waals surface area contributed by atoms with Crippen LogP contribution in [0.1, 0.15) is 38.7 Å². The Bertz CT molecular complexity index is 345. The highest BCUT2D eigenvalue weighted by molar-refractivity contribution is 5.03. The molecular formula is C14H25N3O. The lowest BCUT2D eigenvalue weighted by Crippen LogP contribution is -2.35. The Morgan fingerprint density at radius 3 is 2.94 bits per heavy atom. The first-order valence-electron chi connectivity index (χ1n) is 7.17. The van der Waals surface area contributed by atoms with Gasteiger partial charge in [0.25, 0.3) is 0 Å². The van der Waals surface area contributed by atoms with E-state index in [9.17, 15) is 0 Å². The molecule has 1 aliphatic rings. The number of hydrogen-bond donors (Lipinski definition) is 0. The summed E-state index contributed by atoms with van der Waals surface area (Å²) in [5.41, 5.74) is 1.30. The molecular weight excluding hydrogens is 226 g/mol. The molecule has 0 spiro atoms. The Kier molecular flexibility index (Phi) is 5.20. The topological polar surface area (TPSA) is 30.3 Å². The molecule has 0 N–H and O–H groups in total. The summed E-state index contributed by atoms with van der Waals surface area (Å²) in [6.45, 7) is 9.31. The molecule has 0 bridgehead atoms. The Morgan fingerprint density at radius 2 is 2.33 bits per heavy atom. The molecule has 102 valence electrons. The van der Waals surface area contributed by atoms with Gasteiger partial charge in [0, 0.05) is 38.0 Å². The van der Waals surface area contributed by atoms with Gasteiger partial charge in [-0.05, 0) is 32.7 Å². The normalized spacial score (nSPS) is 20.5. The average Bonchev–Trinajstić information content (AvgIpc) is 2.87. The van der Waals surface area contributed by atoms with Crippen molar-refractivity contribution < 1.29 is 4.74 Å². The molecule has 1 saturated heterocycles. The molecule has 0 aliphatic carbocycles. The van der Waals surface area contributed by atoms with E-state index in [1.807, 2.05) is 10.9 Å². The molecule has 18 heavy (non-hydrogen) atoms. The Labute approximate surface area is 110 Å². The van der Waals surface area contributed by atoms with Gasteiger partial charge in [0.05, 0.1) is 12.3 Å². The van der Waals surface area contributed by atoms with Gasteiger partial charge in [-0.3, -0.25) is 9.58 Å². The van der Waals surface area contributed by atoms with E-state index in [1.165, 1.54) is 24.8 Å². The fourth-order valence-corrected chi connectivity index (χ4v) is 2.46. The van der Waals surface area contributed by atoms with Crippen LogP contribution < -0.4 is 0 Å². The lowest BCUT2D eigenvalue weighted by atomic mass is 10.1. The van der Waals surface area contributed by atoms with Crippen LogP contribution in [0.2, 0.25) is 0 Å². The Balaban J connectivity index is 1.84. The summed E-state index contributed by atoms with van der Waals surface area (Å²) >= 11 is 0. The summed E-state index contributed by atoms with van der Waals surface area (Å²) < 4.78 is 7.80. The molecule has 2 heterocycles. The number of hydrogen-bond acceptors (Lipinski definition) is 3. The number of likely N-dealkylation sites (N-methyl/N-ethyl adjacent to an activating group) is 1. The van der Waals surface area contributed by atoms with Gasteiger partial charge < -0.3 is 4.74 Å². The zero-order valence-electron chi connectivity index (χ0n) is 11.6. The first kappa shape index (κ1) is 13.6. The van der Waals surface area contributed by atoms with Crippen LogP contribution in [0.25, 0.3) is 0 Å². The Hall–Kier alpha value is -0.870. The van der Waals surface area contributed by atoms with Crippen molar-refractivity contribution in [3.05, 3.63) is 18.0 Å². The highest BCUT2D eigenvalue weighted by atomic mass is 16.5. The van der Waals surface area contributed by atoms with Crippen LogP contribution in [0.3, 0.4) is 0 Å². The van der Waals surface area contributed by atoms with Gasteiger partial charge in [-0.15, -0.1) is 0 Å². The maximum atomic E-state index is 5.81. The minimum Gasteiger partial charge on any atom is -0.377 e. The molecule has 0 saturated carbocycles. The van der Waals surface area contributed by atoms with Crippen molar-refractivity contribution in [3.63, 3.8) is 0 Å². The zero-order valence-corrected chi connectivity index (χ0v) is 11.6. The summed E-state index contributed by atoms with van der Waals surface area (Å²) in [6.07, 6.45) is 8.31.